The van der Waals surface area contributed by atoms with E-state index < -0.39 is 0 Å². The van der Waals surface area contributed by atoms with Crippen LogP contribution in [0.1, 0.15) is 63.3 Å². The van der Waals surface area contributed by atoms with E-state index in [0.717, 1.165) is 30.8 Å². The number of hydrogen-bond donors (Lipinski definition) is 2. The highest BCUT2D eigenvalue weighted by molar-refractivity contribution is 14.0. The molecule has 0 bridgehead atoms. The summed E-state index contributed by atoms with van der Waals surface area (Å²) in [5.41, 5.74) is 1.28. The van der Waals surface area contributed by atoms with Crippen molar-refractivity contribution in [3.63, 3.8) is 0 Å². The molecule has 2 fully saturated rings. The zero-order chi connectivity index (χ0) is 22.0. The summed E-state index contributed by atoms with van der Waals surface area (Å²) in [6.45, 7) is 8.12. The summed E-state index contributed by atoms with van der Waals surface area (Å²) < 4.78 is 2.19. The molecule has 33 heavy (non-hydrogen) atoms. The Labute approximate surface area is 216 Å². The molecule has 2 aromatic rings. The number of guanidine groups is 1. The van der Waals surface area contributed by atoms with Crippen molar-refractivity contribution in [1.29, 1.82) is 0 Å². The molecule has 7 heteroatoms. The second kappa shape index (κ2) is 13.9. The maximum absolute atomic E-state index is 4.86. The molecule has 1 aromatic carbocycles. The van der Waals surface area contributed by atoms with Gasteiger partial charge in [-0.3, -0.25) is 0 Å². The largest absolute Gasteiger partial charge is 0.357 e. The molecule has 2 aliphatic rings. The number of aliphatic imine (C=N–C) groups is 1. The molecule has 182 valence electrons. The van der Waals surface area contributed by atoms with Gasteiger partial charge < -0.3 is 20.1 Å². The highest BCUT2D eigenvalue weighted by Crippen LogP contribution is 2.25. The number of hydrogen-bond acceptors (Lipinski definition) is 3. The van der Waals surface area contributed by atoms with Gasteiger partial charge in [-0.25, -0.2) is 9.98 Å². The fourth-order valence-electron chi connectivity index (χ4n) is 5.07. The number of imidazole rings is 1. The highest BCUT2D eigenvalue weighted by atomic mass is 127. The molecule has 0 amide bonds. The van der Waals surface area contributed by atoms with E-state index in [9.17, 15) is 0 Å². The Kier molecular flexibility index (Phi) is 11.0. The molecule has 2 heterocycles. The Bertz CT molecular complexity index is 822. The molecule has 1 saturated heterocycles. The van der Waals surface area contributed by atoms with Crippen LogP contribution in [0.3, 0.4) is 0 Å². The van der Waals surface area contributed by atoms with E-state index in [1.807, 2.05) is 12.4 Å². The lowest BCUT2D eigenvalue weighted by atomic mass is 9.88. The lowest BCUT2D eigenvalue weighted by Gasteiger charge is -2.36. The fourth-order valence-corrected chi connectivity index (χ4v) is 5.07. The minimum atomic E-state index is 0. The van der Waals surface area contributed by atoms with Crippen molar-refractivity contribution in [3.8, 4) is 0 Å². The summed E-state index contributed by atoms with van der Waals surface area (Å²) >= 11 is 0. The van der Waals surface area contributed by atoms with Crippen LogP contribution in [0, 0.1) is 5.92 Å². The topological polar surface area (TPSA) is 57.5 Å². The summed E-state index contributed by atoms with van der Waals surface area (Å²) in [7, 11) is 0. The van der Waals surface area contributed by atoms with Gasteiger partial charge in [0.25, 0.3) is 0 Å². The molecule has 1 aromatic heterocycles. The monoisotopic (exact) mass is 564 g/mol. The van der Waals surface area contributed by atoms with Crippen LogP contribution in [0.15, 0.2) is 47.7 Å². The quantitative estimate of drug-likeness (QED) is 0.279. The van der Waals surface area contributed by atoms with Crippen molar-refractivity contribution in [2.45, 2.75) is 71.0 Å². The number of benzene rings is 1. The standard InChI is InChI=1S/C26H40N6.HI/c1-2-27-26(29-19-25-28-15-18-32(25)21-23-11-7-4-8-12-23)30-24-13-16-31(17-14-24)20-22-9-5-3-6-10-22;/h4,7-8,11-12,15,18,22,24H,2-3,5-6,9-10,13-14,16-17,19-21H2,1H3,(H2,27,29,30);1H. The minimum Gasteiger partial charge on any atom is -0.357 e. The maximum Gasteiger partial charge on any atom is 0.191 e. The first-order valence-electron chi connectivity index (χ1n) is 12.6. The second-order valence-electron chi connectivity index (χ2n) is 9.38. The summed E-state index contributed by atoms with van der Waals surface area (Å²) in [4.78, 5) is 12.1. The first-order chi connectivity index (χ1) is 15.8. The van der Waals surface area contributed by atoms with E-state index in [4.69, 9.17) is 4.99 Å². The van der Waals surface area contributed by atoms with E-state index in [1.54, 1.807) is 0 Å². The van der Waals surface area contributed by atoms with Crippen LogP contribution in [0.5, 0.6) is 0 Å². The van der Waals surface area contributed by atoms with Crippen molar-refractivity contribution in [3.05, 3.63) is 54.1 Å². The Morgan fingerprint density at radius 1 is 1.06 bits per heavy atom. The van der Waals surface area contributed by atoms with Crippen LogP contribution >= 0.6 is 24.0 Å². The summed E-state index contributed by atoms with van der Waals surface area (Å²) in [6.07, 6.45) is 13.5. The lowest BCUT2D eigenvalue weighted by Crippen LogP contribution is -2.49. The average Bonchev–Trinajstić information content (AvgIpc) is 3.27. The summed E-state index contributed by atoms with van der Waals surface area (Å²) in [5, 5.41) is 7.11. The maximum atomic E-state index is 4.86. The van der Waals surface area contributed by atoms with Crippen molar-refractivity contribution >= 4 is 29.9 Å². The molecule has 2 N–H and O–H groups in total. The van der Waals surface area contributed by atoms with Gasteiger partial charge in [0.15, 0.2) is 5.96 Å². The van der Waals surface area contributed by atoms with Crippen LogP contribution in [-0.2, 0) is 13.1 Å². The number of aromatic nitrogens is 2. The normalized spacial score (nSPS) is 18.6. The third-order valence-corrected chi connectivity index (χ3v) is 6.89. The van der Waals surface area contributed by atoms with E-state index in [-0.39, 0.29) is 24.0 Å². The molecular weight excluding hydrogens is 523 g/mol. The van der Waals surface area contributed by atoms with Crippen LogP contribution in [0.25, 0.3) is 0 Å². The van der Waals surface area contributed by atoms with Gasteiger partial charge in [-0.2, -0.15) is 0 Å². The third kappa shape index (κ3) is 8.28. The van der Waals surface area contributed by atoms with Crippen molar-refractivity contribution in [2.75, 3.05) is 26.2 Å². The lowest BCUT2D eigenvalue weighted by molar-refractivity contribution is 0.160. The SMILES string of the molecule is CCNC(=NCc1nccn1Cc1ccccc1)NC1CCN(CC2CCCCC2)CC1.I. The first kappa shape index (κ1) is 26.0. The van der Waals surface area contributed by atoms with Crippen LogP contribution in [0.4, 0.5) is 0 Å². The Balaban J connectivity index is 0.00000306. The molecule has 1 saturated carbocycles. The zero-order valence-electron chi connectivity index (χ0n) is 20.1. The van der Waals surface area contributed by atoms with Crippen molar-refractivity contribution in [2.24, 2.45) is 10.9 Å². The van der Waals surface area contributed by atoms with Gasteiger partial charge in [0.2, 0.25) is 0 Å². The van der Waals surface area contributed by atoms with Gasteiger partial charge in [-0.05, 0) is 44.1 Å². The highest BCUT2D eigenvalue weighted by Gasteiger charge is 2.23. The van der Waals surface area contributed by atoms with Crippen LogP contribution < -0.4 is 10.6 Å². The third-order valence-electron chi connectivity index (χ3n) is 6.89. The number of piperidine rings is 1. The Morgan fingerprint density at radius 2 is 1.82 bits per heavy atom. The van der Waals surface area contributed by atoms with Crippen molar-refractivity contribution in [1.82, 2.24) is 25.1 Å². The molecule has 4 rings (SSSR count). The number of nitrogens with zero attached hydrogens (tertiary/aromatic N) is 4. The second-order valence-corrected chi connectivity index (χ2v) is 9.38. The Hall–Kier alpha value is -1.61. The fraction of sp³-hybridized carbons (Fsp3) is 0.615. The van der Waals surface area contributed by atoms with Gasteiger partial charge in [0.1, 0.15) is 12.4 Å². The molecular formula is C26H41IN6. The van der Waals surface area contributed by atoms with E-state index >= 15 is 0 Å². The molecule has 0 unspecified atom stereocenters. The predicted molar refractivity (Wildman–Crippen MR) is 147 cm³/mol. The molecule has 0 spiro atoms. The van der Waals surface area contributed by atoms with E-state index in [2.05, 4.69) is 62.3 Å². The number of nitrogens with one attached hydrogen (secondary N) is 2. The van der Waals surface area contributed by atoms with Gasteiger partial charge in [-0.1, -0.05) is 49.6 Å². The van der Waals surface area contributed by atoms with Crippen molar-refractivity contribution < 1.29 is 0 Å². The van der Waals surface area contributed by atoms with E-state index in [1.165, 1.54) is 70.1 Å². The first-order valence-corrected chi connectivity index (χ1v) is 12.6. The van der Waals surface area contributed by atoms with E-state index in [0.29, 0.717) is 12.6 Å². The van der Waals surface area contributed by atoms with Gasteiger partial charge in [0, 0.05) is 51.2 Å². The smallest absolute Gasteiger partial charge is 0.191 e. The Morgan fingerprint density at radius 3 is 2.55 bits per heavy atom. The number of rotatable bonds is 8. The number of likely N-dealkylation sites (tertiary alicyclic amines) is 1. The predicted octanol–water partition coefficient (Wildman–Crippen LogP) is 4.65. The summed E-state index contributed by atoms with van der Waals surface area (Å²) in [5.74, 6) is 2.84. The van der Waals surface area contributed by atoms with Crippen LogP contribution in [0.2, 0.25) is 0 Å². The van der Waals surface area contributed by atoms with Gasteiger partial charge in [0.05, 0.1) is 0 Å². The summed E-state index contributed by atoms with van der Waals surface area (Å²) in [6, 6.07) is 11.0. The van der Waals surface area contributed by atoms with Gasteiger partial charge in [-0.15, -0.1) is 24.0 Å². The van der Waals surface area contributed by atoms with Crippen LogP contribution in [-0.4, -0.2) is 52.6 Å². The molecule has 1 aliphatic carbocycles. The van der Waals surface area contributed by atoms with Gasteiger partial charge >= 0.3 is 0 Å². The zero-order valence-corrected chi connectivity index (χ0v) is 22.4. The minimum absolute atomic E-state index is 0. The number of halogens is 1. The molecule has 6 nitrogen and oxygen atoms in total. The molecule has 0 radical (unpaired) electrons. The molecule has 0 atom stereocenters. The average molecular weight is 565 g/mol. The molecule has 1 aliphatic heterocycles.